The van der Waals surface area contributed by atoms with Crippen LogP contribution in [0.15, 0.2) is 53.1 Å². The van der Waals surface area contributed by atoms with E-state index in [0.717, 1.165) is 28.2 Å². The van der Waals surface area contributed by atoms with Gasteiger partial charge in [-0.3, -0.25) is 4.79 Å². The fraction of sp³-hybridized carbons (Fsp3) is 0.407. The molecule has 2 heterocycles. The van der Waals surface area contributed by atoms with Crippen LogP contribution in [-0.2, 0) is 16.4 Å². The van der Waals surface area contributed by atoms with Gasteiger partial charge in [0.2, 0.25) is 0 Å². The molecule has 2 aromatic carbocycles. The summed E-state index contributed by atoms with van der Waals surface area (Å²) in [6.45, 7) is 8.62. The first kappa shape index (κ1) is 25.8. The molecular formula is C27H32N2O6S. The van der Waals surface area contributed by atoms with Crippen LogP contribution in [0.5, 0.6) is 11.5 Å². The van der Waals surface area contributed by atoms with Crippen molar-refractivity contribution in [1.82, 2.24) is 10.1 Å². The minimum absolute atomic E-state index is 0.0585. The lowest BCUT2D eigenvalue weighted by Crippen LogP contribution is -2.40. The molecule has 1 aromatic heterocycles. The Bertz CT molecular complexity index is 1310. The molecule has 0 saturated carbocycles. The Balaban J connectivity index is 1.58. The van der Waals surface area contributed by atoms with Crippen LogP contribution in [0.1, 0.15) is 48.8 Å². The van der Waals surface area contributed by atoms with E-state index in [1.807, 2.05) is 70.2 Å². The van der Waals surface area contributed by atoms with E-state index in [2.05, 4.69) is 5.16 Å². The summed E-state index contributed by atoms with van der Waals surface area (Å²) in [4.78, 5) is 15.2. The van der Waals surface area contributed by atoms with Crippen molar-refractivity contribution in [2.45, 2.75) is 52.8 Å². The summed E-state index contributed by atoms with van der Waals surface area (Å²) in [5.41, 5.74) is 2.73. The molecule has 1 amide bonds. The molecule has 0 spiro atoms. The Hall–Kier alpha value is -3.33. The van der Waals surface area contributed by atoms with Crippen molar-refractivity contribution in [3.8, 4) is 22.8 Å². The average Bonchev–Trinajstić information content (AvgIpc) is 3.46. The number of carbonyl (C=O) groups is 1. The molecule has 1 atom stereocenters. The predicted molar refractivity (Wildman–Crippen MR) is 137 cm³/mol. The lowest BCUT2D eigenvalue weighted by atomic mass is 10.1. The third-order valence-electron chi connectivity index (χ3n) is 6.05. The predicted octanol–water partition coefficient (Wildman–Crippen LogP) is 4.67. The first-order valence-corrected chi connectivity index (χ1v) is 13.9. The fourth-order valence-corrected chi connectivity index (χ4v) is 6.02. The Labute approximate surface area is 212 Å². The van der Waals surface area contributed by atoms with E-state index in [9.17, 15) is 13.2 Å². The van der Waals surface area contributed by atoms with Gasteiger partial charge in [-0.05, 0) is 75.6 Å². The molecule has 0 bridgehead atoms. The highest BCUT2D eigenvalue weighted by atomic mass is 32.2. The van der Waals surface area contributed by atoms with Gasteiger partial charge < -0.3 is 18.9 Å². The Morgan fingerprint density at radius 1 is 1.17 bits per heavy atom. The molecule has 3 aromatic rings. The molecule has 9 heteroatoms. The number of hydrogen-bond acceptors (Lipinski definition) is 7. The second-order valence-corrected chi connectivity index (χ2v) is 11.5. The summed E-state index contributed by atoms with van der Waals surface area (Å²) in [7, 11) is -3.19. The van der Waals surface area contributed by atoms with E-state index >= 15 is 0 Å². The molecule has 0 N–H and O–H groups in total. The van der Waals surface area contributed by atoms with E-state index in [1.54, 1.807) is 11.0 Å². The first-order chi connectivity index (χ1) is 17.1. The number of benzene rings is 2. The van der Waals surface area contributed by atoms with Crippen LogP contribution < -0.4 is 9.47 Å². The molecular weight excluding hydrogens is 480 g/mol. The van der Waals surface area contributed by atoms with Crippen LogP contribution >= 0.6 is 0 Å². The number of ether oxygens (including phenoxy) is 2. The van der Waals surface area contributed by atoms with Crippen molar-refractivity contribution in [3.63, 3.8) is 0 Å². The molecule has 1 saturated heterocycles. The van der Waals surface area contributed by atoms with Crippen LogP contribution in [0.25, 0.3) is 11.3 Å². The number of nitrogens with zero attached hydrogens (tertiary/aromatic N) is 2. The summed E-state index contributed by atoms with van der Waals surface area (Å²) in [5.74, 6) is 1.63. The van der Waals surface area contributed by atoms with Gasteiger partial charge in [-0.1, -0.05) is 17.3 Å². The molecule has 1 aliphatic rings. The second kappa shape index (κ2) is 10.7. The molecule has 8 nitrogen and oxygen atoms in total. The van der Waals surface area contributed by atoms with Crippen molar-refractivity contribution in [3.05, 3.63) is 65.4 Å². The first-order valence-electron chi connectivity index (χ1n) is 12.1. The maximum atomic E-state index is 13.6. The lowest BCUT2D eigenvalue weighted by molar-refractivity contribution is 0.0670. The van der Waals surface area contributed by atoms with Crippen molar-refractivity contribution >= 4 is 15.7 Å². The van der Waals surface area contributed by atoms with Gasteiger partial charge >= 0.3 is 0 Å². The third-order valence-corrected chi connectivity index (χ3v) is 7.80. The SMILES string of the molecule is CCOc1ccc(CN(C(=O)c2cc(-c3ccc(OC(C)C)c(C)c3)on2)C2CCS(=O)(=O)C2)cc1. The number of hydrogen-bond donors (Lipinski definition) is 0. The fourth-order valence-electron chi connectivity index (χ4n) is 4.29. The van der Waals surface area contributed by atoms with Gasteiger partial charge in [0.25, 0.3) is 5.91 Å². The number of carbonyl (C=O) groups excluding carboxylic acids is 1. The molecule has 36 heavy (non-hydrogen) atoms. The van der Waals surface area contributed by atoms with Gasteiger partial charge in [0.15, 0.2) is 21.3 Å². The Morgan fingerprint density at radius 3 is 2.53 bits per heavy atom. The third kappa shape index (κ3) is 6.07. The minimum Gasteiger partial charge on any atom is -0.494 e. The monoisotopic (exact) mass is 512 g/mol. The molecule has 1 aliphatic heterocycles. The van der Waals surface area contributed by atoms with Gasteiger partial charge in [0.1, 0.15) is 11.5 Å². The van der Waals surface area contributed by atoms with E-state index in [1.165, 1.54) is 0 Å². The standard InChI is InChI=1S/C27H32N2O6S/c1-5-33-23-9-6-20(7-10-23)16-29(22-12-13-36(31,32)17-22)27(30)24-15-26(35-28-24)21-8-11-25(19(4)14-21)34-18(2)3/h6-11,14-15,18,22H,5,12-13,16-17H2,1-4H3. The molecule has 0 aliphatic carbocycles. The summed E-state index contributed by atoms with van der Waals surface area (Å²) >= 11 is 0. The number of rotatable bonds is 9. The van der Waals surface area contributed by atoms with E-state index in [4.69, 9.17) is 14.0 Å². The number of aryl methyl sites for hydroxylation is 1. The number of amides is 1. The summed E-state index contributed by atoms with van der Waals surface area (Å²) in [6.07, 6.45) is 0.455. The van der Waals surface area contributed by atoms with Crippen molar-refractivity contribution < 1.29 is 27.2 Å². The van der Waals surface area contributed by atoms with Gasteiger partial charge in [-0.15, -0.1) is 0 Å². The van der Waals surface area contributed by atoms with Crippen LogP contribution in [0, 0.1) is 6.92 Å². The summed E-state index contributed by atoms with van der Waals surface area (Å²) in [6, 6.07) is 14.3. The van der Waals surface area contributed by atoms with Crippen molar-refractivity contribution in [2.75, 3.05) is 18.1 Å². The van der Waals surface area contributed by atoms with Crippen LogP contribution in [0.2, 0.25) is 0 Å². The highest BCUT2D eigenvalue weighted by Gasteiger charge is 2.36. The lowest BCUT2D eigenvalue weighted by Gasteiger charge is -2.27. The van der Waals surface area contributed by atoms with Gasteiger partial charge in [0.05, 0.1) is 24.2 Å². The maximum absolute atomic E-state index is 13.6. The maximum Gasteiger partial charge on any atom is 0.276 e. The normalized spacial score (nSPS) is 16.8. The van der Waals surface area contributed by atoms with Gasteiger partial charge in [-0.25, -0.2) is 8.42 Å². The van der Waals surface area contributed by atoms with Crippen LogP contribution in [-0.4, -0.2) is 54.6 Å². The zero-order valence-electron chi connectivity index (χ0n) is 21.1. The van der Waals surface area contributed by atoms with Gasteiger partial charge in [-0.2, -0.15) is 0 Å². The highest BCUT2D eigenvalue weighted by Crippen LogP contribution is 2.29. The largest absolute Gasteiger partial charge is 0.494 e. The van der Waals surface area contributed by atoms with Crippen molar-refractivity contribution in [1.29, 1.82) is 0 Å². The molecule has 4 rings (SSSR count). The second-order valence-electron chi connectivity index (χ2n) is 9.29. The van der Waals surface area contributed by atoms with Gasteiger partial charge in [0, 0.05) is 24.2 Å². The Morgan fingerprint density at radius 2 is 1.92 bits per heavy atom. The average molecular weight is 513 g/mol. The molecule has 192 valence electrons. The Kier molecular flexibility index (Phi) is 7.68. The summed E-state index contributed by atoms with van der Waals surface area (Å²) in [5, 5.41) is 4.03. The number of sulfone groups is 1. The zero-order chi connectivity index (χ0) is 25.9. The summed E-state index contributed by atoms with van der Waals surface area (Å²) < 4.78 is 41.2. The number of aromatic nitrogens is 1. The van der Waals surface area contributed by atoms with E-state index in [0.29, 0.717) is 18.8 Å². The van der Waals surface area contributed by atoms with Crippen LogP contribution in [0.4, 0.5) is 0 Å². The molecule has 0 radical (unpaired) electrons. The smallest absolute Gasteiger partial charge is 0.276 e. The molecule has 1 fully saturated rings. The minimum atomic E-state index is -3.19. The highest BCUT2D eigenvalue weighted by molar-refractivity contribution is 7.91. The zero-order valence-corrected chi connectivity index (χ0v) is 21.9. The topological polar surface area (TPSA) is 98.9 Å². The molecule has 1 unspecified atom stereocenters. The van der Waals surface area contributed by atoms with E-state index in [-0.39, 0.29) is 35.8 Å². The van der Waals surface area contributed by atoms with Crippen LogP contribution in [0.3, 0.4) is 0 Å². The quantitative estimate of drug-likeness (QED) is 0.411. The van der Waals surface area contributed by atoms with Crippen molar-refractivity contribution in [2.24, 2.45) is 0 Å². The van der Waals surface area contributed by atoms with E-state index < -0.39 is 15.9 Å².